The lowest BCUT2D eigenvalue weighted by atomic mass is 10.1. The molecule has 0 aliphatic carbocycles. The summed E-state index contributed by atoms with van der Waals surface area (Å²) in [5, 5.41) is 3.00. The van der Waals surface area contributed by atoms with Crippen LogP contribution in [0.1, 0.15) is 5.56 Å². The Morgan fingerprint density at radius 3 is 2.35 bits per heavy atom. The minimum Gasteiger partial charge on any atom is -0.351 e. The van der Waals surface area contributed by atoms with Crippen molar-refractivity contribution < 1.29 is 9.59 Å². The van der Waals surface area contributed by atoms with Crippen molar-refractivity contribution in [3.63, 3.8) is 0 Å². The molecule has 1 N–H and O–H groups in total. The fraction of sp³-hybridized carbons (Fsp3) is 0.111. The van der Waals surface area contributed by atoms with Gasteiger partial charge in [0.15, 0.2) is 0 Å². The number of nitrogens with one attached hydrogen (secondary N) is 1. The van der Waals surface area contributed by atoms with Crippen LogP contribution < -0.4 is 5.32 Å². The molecule has 0 fully saturated rings. The molecule has 23 heavy (non-hydrogen) atoms. The number of rotatable bonds is 5. The molecular formula is C18H15BrN2O2. The molecule has 0 saturated carbocycles. The van der Waals surface area contributed by atoms with Crippen molar-refractivity contribution in [1.29, 1.82) is 0 Å². The highest BCUT2D eigenvalue weighted by Crippen LogP contribution is 2.19. The van der Waals surface area contributed by atoms with Crippen LogP contribution in [0.2, 0.25) is 0 Å². The largest absolute Gasteiger partial charge is 0.351 e. The SMILES string of the molecule is O=C1C=C(Nc2ccc(Br)cc2)C(=O)N1CCc1ccccc1. The maximum Gasteiger partial charge on any atom is 0.277 e. The lowest BCUT2D eigenvalue weighted by molar-refractivity contribution is -0.137. The molecule has 4 nitrogen and oxygen atoms in total. The van der Waals surface area contributed by atoms with Crippen molar-refractivity contribution >= 4 is 33.4 Å². The summed E-state index contributed by atoms with van der Waals surface area (Å²) >= 11 is 3.36. The molecule has 5 heteroatoms. The molecule has 0 aromatic heterocycles. The maximum atomic E-state index is 12.4. The molecule has 0 atom stereocenters. The van der Waals surface area contributed by atoms with E-state index in [1.165, 1.54) is 11.0 Å². The van der Waals surface area contributed by atoms with Gasteiger partial charge in [0.2, 0.25) is 0 Å². The van der Waals surface area contributed by atoms with Crippen molar-refractivity contribution in [1.82, 2.24) is 4.90 Å². The molecule has 116 valence electrons. The van der Waals surface area contributed by atoms with Crippen molar-refractivity contribution in [2.24, 2.45) is 0 Å². The lowest BCUT2D eigenvalue weighted by Crippen LogP contribution is -2.33. The number of imide groups is 1. The van der Waals surface area contributed by atoms with Crippen LogP contribution in [0.25, 0.3) is 0 Å². The number of carbonyl (C=O) groups excluding carboxylic acids is 2. The quantitative estimate of drug-likeness (QED) is 0.821. The highest BCUT2D eigenvalue weighted by Gasteiger charge is 2.30. The minimum absolute atomic E-state index is 0.273. The van der Waals surface area contributed by atoms with Crippen molar-refractivity contribution in [3.8, 4) is 0 Å². The third-order valence-corrected chi connectivity index (χ3v) is 4.13. The first-order chi connectivity index (χ1) is 11.1. The standard InChI is InChI=1S/C18H15BrN2O2/c19-14-6-8-15(9-7-14)20-16-12-17(22)21(18(16)23)11-10-13-4-2-1-3-5-13/h1-9,12,20H,10-11H2. The van der Waals surface area contributed by atoms with Crippen molar-refractivity contribution in [2.45, 2.75) is 6.42 Å². The summed E-state index contributed by atoms with van der Waals surface area (Å²) in [5.74, 6) is -0.556. The molecular weight excluding hydrogens is 356 g/mol. The highest BCUT2D eigenvalue weighted by atomic mass is 79.9. The van der Waals surface area contributed by atoms with Crippen LogP contribution in [0, 0.1) is 0 Å². The fourth-order valence-electron chi connectivity index (χ4n) is 2.38. The molecule has 1 aliphatic rings. The van der Waals surface area contributed by atoms with Gasteiger partial charge in [-0.05, 0) is 36.2 Å². The first-order valence-electron chi connectivity index (χ1n) is 7.27. The molecule has 1 heterocycles. The summed E-state index contributed by atoms with van der Waals surface area (Å²) < 4.78 is 0.954. The molecule has 0 unspecified atom stereocenters. The van der Waals surface area contributed by atoms with E-state index in [-0.39, 0.29) is 11.8 Å². The van der Waals surface area contributed by atoms with Crippen molar-refractivity contribution in [2.75, 3.05) is 11.9 Å². The van der Waals surface area contributed by atoms with Gasteiger partial charge in [-0.25, -0.2) is 0 Å². The van der Waals surface area contributed by atoms with Gasteiger partial charge in [0.05, 0.1) is 0 Å². The van der Waals surface area contributed by atoms with Gasteiger partial charge in [-0.2, -0.15) is 0 Å². The highest BCUT2D eigenvalue weighted by molar-refractivity contribution is 9.10. The molecule has 1 aliphatic heterocycles. The lowest BCUT2D eigenvalue weighted by Gasteiger charge is -2.15. The molecule has 0 radical (unpaired) electrons. The number of halogens is 1. The van der Waals surface area contributed by atoms with E-state index in [0.29, 0.717) is 18.7 Å². The summed E-state index contributed by atoms with van der Waals surface area (Å²) in [7, 11) is 0. The van der Waals surface area contributed by atoms with Gasteiger partial charge in [0.25, 0.3) is 11.8 Å². The number of anilines is 1. The second-order valence-electron chi connectivity index (χ2n) is 5.22. The first kappa shape index (κ1) is 15.5. The zero-order valence-corrected chi connectivity index (χ0v) is 13.9. The average molecular weight is 371 g/mol. The predicted octanol–water partition coefficient (Wildman–Crippen LogP) is 3.36. The molecule has 0 bridgehead atoms. The van der Waals surface area contributed by atoms with Gasteiger partial charge >= 0.3 is 0 Å². The van der Waals surface area contributed by atoms with Crippen molar-refractivity contribution in [3.05, 3.63) is 76.4 Å². The third kappa shape index (κ3) is 3.68. The summed E-state index contributed by atoms with van der Waals surface area (Å²) in [4.78, 5) is 25.7. The summed E-state index contributed by atoms with van der Waals surface area (Å²) in [6.45, 7) is 0.379. The first-order valence-corrected chi connectivity index (χ1v) is 8.07. The fourth-order valence-corrected chi connectivity index (χ4v) is 2.65. The van der Waals surface area contributed by atoms with E-state index in [1.54, 1.807) is 0 Å². The zero-order valence-electron chi connectivity index (χ0n) is 12.3. The number of benzene rings is 2. The Morgan fingerprint density at radius 2 is 1.65 bits per heavy atom. The van der Waals surface area contributed by atoms with Gasteiger partial charge in [-0.3, -0.25) is 14.5 Å². The van der Waals surface area contributed by atoms with Crippen LogP contribution >= 0.6 is 15.9 Å². The molecule has 2 amide bonds. The number of hydrogen-bond donors (Lipinski definition) is 1. The van der Waals surface area contributed by atoms with Crippen LogP contribution in [0.3, 0.4) is 0 Å². The normalized spacial score (nSPS) is 14.1. The van der Waals surface area contributed by atoms with Gasteiger partial charge in [0.1, 0.15) is 5.70 Å². The molecule has 2 aromatic carbocycles. The smallest absolute Gasteiger partial charge is 0.277 e. The summed E-state index contributed by atoms with van der Waals surface area (Å²) in [6, 6.07) is 17.2. The van der Waals surface area contributed by atoms with Gasteiger partial charge < -0.3 is 5.32 Å². The van der Waals surface area contributed by atoms with Crippen LogP contribution in [0.15, 0.2) is 70.8 Å². The predicted molar refractivity (Wildman–Crippen MR) is 92.7 cm³/mol. The Bertz CT molecular complexity index is 754. The van der Waals surface area contributed by atoms with Gasteiger partial charge in [0, 0.05) is 22.8 Å². The Labute approximate surface area is 142 Å². The Balaban J connectivity index is 1.64. The van der Waals surface area contributed by atoms with E-state index < -0.39 is 0 Å². The Hall–Kier alpha value is -2.40. The van der Waals surface area contributed by atoms with E-state index in [2.05, 4.69) is 21.2 Å². The number of carbonyl (C=O) groups is 2. The van der Waals surface area contributed by atoms with E-state index >= 15 is 0 Å². The second kappa shape index (κ2) is 6.79. The zero-order chi connectivity index (χ0) is 16.2. The topological polar surface area (TPSA) is 49.4 Å². The molecule has 2 aromatic rings. The Morgan fingerprint density at radius 1 is 0.957 bits per heavy atom. The van der Waals surface area contributed by atoms with Gasteiger partial charge in [-0.15, -0.1) is 0 Å². The van der Waals surface area contributed by atoms with Gasteiger partial charge in [-0.1, -0.05) is 46.3 Å². The molecule has 0 saturated heterocycles. The molecule has 3 rings (SSSR count). The second-order valence-corrected chi connectivity index (χ2v) is 6.14. The van der Waals surface area contributed by atoms with E-state index in [0.717, 1.165) is 15.7 Å². The van der Waals surface area contributed by atoms with Crippen LogP contribution in [-0.2, 0) is 16.0 Å². The summed E-state index contributed by atoms with van der Waals surface area (Å²) in [6.07, 6.45) is 2.01. The Kier molecular flexibility index (Phi) is 4.57. The van der Waals surface area contributed by atoms with Crippen LogP contribution in [0.4, 0.5) is 5.69 Å². The number of amides is 2. The molecule has 0 spiro atoms. The number of hydrogen-bond acceptors (Lipinski definition) is 3. The average Bonchev–Trinajstić information content (AvgIpc) is 2.82. The minimum atomic E-state index is -0.283. The maximum absolute atomic E-state index is 12.4. The van der Waals surface area contributed by atoms with E-state index in [4.69, 9.17) is 0 Å². The monoisotopic (exact) mass is 370 g/mol. The summed E-state index contributed by atoms with van der Waals surface area (Å²) in [5.41, 5.74) is 2.18. The van der Waals surface area contributed by atoms with Crippen LogP contribution in [0.5, 0.6) is 0 Å². The van der Waals surface area contributed by atoms with E-state index in [9.17, 15) is 9.59 Å². The number of nitrogens with zero attached hydrogens (tertiary/aromatic N) is 1. The van der Waals surface area contributed by atoms with E-state index in [1.807, 2.05) is 54.6 Å². The van der Waals surface area contributed by atoms with Crippen LogP contribution in [-0.4, -0.2) is 23.3 Å². The third-order valence-electron chi connectivity index (χ3n) is 3.60.